The Bertz CT molecular complexity index is 863. The van der Waals surface area contributed by atoms with Crippen molar-refractivity contribution in [1.29, 1.82) is 0 Å². The molecule has 2 aromatic rings. The van der Waals surface area contributed by atoms with E-state index in [0.29, 0.717) is 0 Å². The molecule has 7 heteroatoms. The average molecular weight is 385 g/mol. The Hall–Kier alpha value is -2.41. The van der Waals surface area contributed by atoms with Gasteiger partial charge in [0, 0.05) is 49.4 Å². The molecule has 2 aromatic heterocycles. The zero-order valence-electron chi connectivity index (χ0n) is 15.5. The molecule has 4 heterocycles. The molecule has 2 aliphatic heterocycles. The van der Waals surface area contributed by atoms with Gasteiger partial charge in [0.15, 0.2) is 0 Å². The van der Waals surface area contributed by atoms with Crippen LogP contribution >= 0.6 is 11.3 Å². The summed E-state index contributed by atoms with van der Waals surface area (Å²) >= 11 is 1.54. The normalized spacial score (nSPS) is 20.1. The van der Waals surface area contributed by atoms with Crippen molar-refractivity contribution in [2.75, 3.05) is 19.6 Å². The van der Waals surface area contributed by atoms with Gasteiger partial charge < -0.3 is 9.80 Å². The summed E-state index contributed by atoms with van der Waals surface area (Å²) in [6.45, 7) is 2.48. The van der Waals surface area contributed by atoms with Crippen LogP contribution in [0.5, 0.6) is 0 Å². The van der Waals surface area contributed by atoms with Crippen LogP contribution in [-0.2, 0) is 11.8 Å². The van der Waals surface area contributed by atoms with Crippen molar-refractivity contribution in [3.05, 3.63) is 45.9 Å². The number of aromatic nitrogens is 2. The van der Waals surface area contributed by atoms with Crippen LogP contribution in [0.4, 0.5) is 0 Å². The fourth-order valence-electron chi connectivity index (χ4n) is 3.84. The van der Waals surface area contributed by atoms with Crippen LogP contribution in [0.2, 0.25) is 0 Å². The van der Waals surface area contributed by atoms with Crippen molar-refractivity contribution >= 4 is 29.2 Å². The lowest BCUT2D eigenvalue weighted by Gasteiger charge is -2.22. The van der Waals surface area contributed by atoms with Crippen molar-refractivity contribution in [2.45, 2.75) is 31.7 Å². The van der Waals surface area contributed by atoms with Gasteiger partial charge in [0.2, 0.25) is 5.91 Å². The predicted molar refractivity (Wildman–Crippen MR) is 105 cm³/mol. The maximum Gasteiger partial charge on any atom is 0.263 e. The number of aryl methyl sites for hydroxylation is 1. The van der Waals surface area contributed by atoms with E-state index in [9.17, 15) is 9.59 Å². The largest absolute Gasteiger partial charge is 0.338 e. The van der Waals surface area contributed by atoms with Crippen LogP contribution in [0, 0.1) is 0 Å². The second-order valence-corrected chi connectivity index (χ2v) is 8.29. The van der Waals surface area contributed by atoms with Gasteiger partial charge in [-0.2, -0.15) is 5.10 Å². The Labute approximate surface area is 163 Å². The molecule has 0 N–H and O–H groups in total. The first kappa shape index (κ1) is 18.0. The maximum atomic E-state index is 12.7. The highest BCUT2D eigenvalue weighted by Crippen LogP contribution is 2.36. The number of thiophene rings is 1. The van der Waals surface area contributed by atoms with E-state index in [1.54, 1.807) is 28.3 Å². The second-order valence-electron chi connectivity index (χ2n) is 7.17. The first-order valence-electron chi connectivity index (χ1n) is 9.48. The highest BCUT2D eigenvalue weighted by atomic mass is 32.1. The quantitative estimate of drug-likeness (QED) is 0.761. The Morgan fingerprint density at radius 2 is 2.00 bits per heavy atom. The third-order valence-electron chi connectivity index (χ3n) is 5.24. The molecule has 142 valence electrons. The molecule has 2 amide bonds. The molecule has 2 saturated heterocycles. The molecule has 6 nitrogen and oxygen atoms in total. The molecule has 2 aliphatic rings. The molecule has 4 rings (SSSR count). The van der Waals surface area contributed by atoms with Crippen molar-refractivity contribution in [3.63, 3.8) is 0 Å². The van der Waals surface area contributed by atoms with Crippen LogP contribution in [0.15, 0.2) is 30.6 Å². The zero-order chi connectivity index (χ0) is 18.8. The van der Waals surface area contributed by atoms with E-state index in [4.69, 9.17) is 0 Å². The van der Waals surface area contributed by atoms with Gasteiger partial charge in [-0.05, 0) is 43.9 Å². The molecule has 2 fully saturated rings. The van der Waals surface area contributed by atoms with Crippen LogP contribution < -0.4 is 0 Å². The second kappa shape index (κ2) is 7.68. The van der Waals surface area contributed by atoms with Crippen LogP contribution in [0.3, 0.4) is 0 Å². The van der Waals surface area contributed by atoms with Gasteiger partial charge in [0.1, 0.15) is 0 Å². The number of carbonyl (C=O) groups is 2. The summed E-state index contributed by atoms with van der Waals surface area (Å²) in [5.74, 6) is 0.151. The molecule has 0 aromatic carbocycles. The van der Waals surface area contributed by atoms with E-state index < -0.39 is 0 Å². The summed E-state index contributed by atoms with van der Waals surface area (Å²) in [5.41, 5.74) is 0.913. The zero-order valence-corrected chi connectivity index (χ0v) is 16.3. The summed E-state index contributed by atoms with van der Waals surface area (Å²) in [5, 5.41) is 4.11. The van der Waals surface area contributed by atoms with Gasteiger partial charge in [0.05, 0.1) is 17.1 Å². The maximum absolute atomic E-state index is 12.7. The fraction of sp³-hybridized carbons (Fsp3) is 0.450. The molecule has 0 radical (unpaired) electrons. The summed E-state index contributed by atoms with van der Waals surface area (Å²) in [4.78, 5) is 31.0. The first-order chi connectivity index (χ1) is 13.1. The van der Waals surface area contributed by atoms with E-state index in [1.807, 2.05) is 41.3 Å². The molecule has 0 spiro atoms. The summed E-state index contributed by atoms with van der Waals surface area (Å²) in [6, 6.07) is 4.02. The van der Waals surface area contributed by atoms with Crippen molar-refractivity contribution < 1.29 is 9.59 Å². The van der Waals surface area contributed by atoms with E-state index >= 15 is 0 Å². The van der Waals surface area contributed by atoms with Crippen molar-refractivity contribution in [1.82, 2.24) is 19.6 Å². The molecule has 0 saturated carbocycles. The average Bonchev–Trinajstić information content (AvgIpc) is 3.46. The van der Waals surface area contributed by atoms with E-state index in [0.717, 1.165) is 60.6 Å². The molecule has 27 heavy (non-hydrogen) atoms. The van der Waals surface area contributed by atoms with Gasteiger partial charge in [-0.15, -0.1) is 11.3 Å². The van der Waals surface area contributed by atoms with E-state index in [-0.39, 0.29) is 17.9 Å². The van der Waals surface area contributed by atoms with Gasteiger partial charge in [-0.25, -0.2) is 0 Å². The SMILES string of the molecule is Cn1cc(/C=C/C(=O)N2CCC[C@H]2c2ccc(C(=O)N3CCCC3)s2)cn1. The predicted octanol–water partition coefficient (Wildman–Crippen LogP) is 3.09. The molecule has 0 unspecified atom stereocenters. The van der Waals surface area contributed by atoms with Crippen molar-refractivity contribution in [2.24, 2.45) is 7.05 Å². The van der Waals surface area contributed by atoms with Crippen molar-refractivity contribution in [3.8, 4) is 0 Å². The Balaban J connectivity index is 1.45. The van der Waals surface area contributed by atoms with Crippen LogP contribution in [0.1, 0.15) is 51.8 Å². The molecular weight excluding hydrogens is 360 g/mol. The molecular formula is C20H24N4O2S. The third-order valence-corrected chi connectivity index (χ3v) is 6.41. The number of hydrogen-bond donors (Lipinski definition) is 0. The lowest BCUT2D eigenvalue weighted by Crippen LogP contribution is -2.28. The molecule has 0 aliphatic carbocycles. The monoisotopic (exact) mass is 384 g/mol. The van der Waals surface area contributed by atoms with Gasteiger partial charge >= 0.3 is 0 Å². The topological polar surface area (TPSA) is 58.4 Å². The number of amides is 2. The number of rotatable bonds is 4. The fourth-order valence-corrected chi connectivity index (χ4v) is 4.96. The lowest BCUT2D eigenvalue weighted by molar-refractivity contribution is -0.126. The van der Waals surface area contributed by atoms with Gasteiger partial charge in [0.25, 0.3) is 5.91 Å². The minimum absolute atomic E-state index is 0.0159. The minimum Gasteiger partial charge on any atom is -0.338 e. The van der Waals surface area contributed by atoms with Gasteiger partial charge in [-0.1, -0.05) is 0 Å². The standard InChI is InChI=1S/C20H24N4O2S/c1-22-14-15(13-21-22)6-9-19(25)24-12-4-5-16(24)17-7-8-18(27-17)20(26)23-10-2-3-11-23/h6-9,13-14,16H,2-5,10-12H2,1H3/b9-6+/t16-/m0/s1. The third kappa shape index (κ3) is 3.83. The van der Waals surface area contributed by atoms with Gasteiger partial charge in [-0.3, -0.25) is 14.3 Å². The molecule has 1 atom stereocenters. The molecule has 0 bridgehead atoms. The summed E-state index contributed by atoms with van der Waals surface area (Å²) in [7, 11) is 1.85. The Morgan fingerprint density at radius 1 is 1.19 bits per heavy atom. The Morgan fingerprint density at radius 3 is 2.74 bits per heavy atom. The van der Waals surface area contributed by atoms with E-state index in [2.05, 4.69) is 5.10 Å². The Kier molecular flexibility index (Phi) is 5.11. The highest BCUT2D eigenvalue weighted by molar-refractivity contribution is 7.14. The summed E-state index contributed by atoms with van der Waals surface area (Å²) in [6.07, 6.45) is 11.2. The smallest absolute Gasteiger partial charge is 0.263 e. The van der Waals surface area contributed by atoms with Crippen LogP contribution in [-0.4, -0.2) is 51.0 Å². The minimum atomic E-state index is 0.0159. The number of carbonyl (C=O) groups excluding carboxylic acids is 2. The van der Waals surface area contributed by atoms with E-state index in [1.165, 1.54) is 0 Å². The number of hydrogen-bond acceptors (Lipinski definition) is 4. The number of nitrogens with zero attached hydrogens (tertiary/aromatic N) is 4. The first-order valence-corrected chi connectivity index (χ1v) is 10.3. The lowest BCUT2D eigenvalue weighted by atomic mass is 10.2. The van der Waals surface area contributed by atoms with Crippen LogP contribution in [0.25, 0.3) is 6.08 Å². The highest BCUT2D eigenvalue weighted by Gasteiger charge is 2.31. The number of likely N-dealkylation sites (tertiary alicyclic amines) is 2. The summed E-state index contributed by atoms with van der Waals surface area (Å²) < 4.78 is 1.72.